The highest BCUT2D eigenvalue weighted by Crippen LogP contribution is 2.25. The highest BCUT2D eigenvalue weighted by Gasteiger charge is 2.19. The summed E-state index contributed by atoms with van der Waals surface area (Å²) in [4.78, 5) is 9.42. The standard InChI is InChI=1S/C15H21N3O/c1-13-16-12-14-4-2-3-5-15(14)18(13)7-6-17-8-10-19-11-9-17/h2-5H,6-12H2,1H3. The molecule has 0 bridgehead atoms. The predicted molar refractivity (Wildman–Crippen MR) is 77.9 cm³/mol. The summed E-state index contributed by atoms with van der Waals surface area (Å²) in [5, 5.41) is 0. The van der Waals surface area contributed by atoms with Crippen molar-refractivity contribution in [1.29, 1.82) is 0 Å². The van der Waals surface area contributed by atoms with Gasteiger partial charge in [-0.2, -0.15) is 0 Å². The molecule has 0 aliphatic carbocycles. The summed E-state index contributed by atoms with van der Waals surface area (Å²) >= 11 is 0. The summed E-state index contributed by atoms with van der Waals surface area (Å²) in [5.74, 6) is 1.13. The van der Waals surface area contributed by atoms with Gasteiger partial charge in [0.05, 0.1) is 19.8 Å². The number of benzene rings is 1. The van der Waals surface area contributed by atoms with Gasteiger partial charge in [0.25, 0.3) is 0 Å². The van der Waals surface area contributed by atoms with Crippen molar-refractivity contribution in [3.05, 3.63) is 29.8 Å². The van der Waals surface area contributed by atoms with E-state index in [4.69, 9.17) is 4.74 Å². The SMILES string of the molecule is CC1=NCc2ccccc2N1CCN1CCOCC1. The maximum absolute atomic E-state index is 5.39. The van der Waals surface area contributed by atoms with Crippen LogP contribution >= 0.6 is 0 Å². The molecule has 2 aliphatic heterocycles. The van der Waals surface area contributed by atoms with Crippen LogP contribution < -0.4 is 4.90 Å². The van der Waals surface area contributed by atoms with Crippen LogP contribution in [0.4, 0.5) is 5.69 Å². The van der Waals surface area contributed by atoms with Gasteiger partial charge < -0.3 is 9.64 Å². The highest BCUT2D eigenvalue weighted by molar-refractivity contribution is 5.98. The lowest BCUT2D eigenvalue weighted by Gasteiger charge is -2.33. The number of aliphatic imine (C=N–C) groups is 1. The van der Waals surface area contributed by atoms with Crippen molar-refractivity contribution < 1.29 is 4.74 Å². The van der Waals surface area contributed by atoms with Crippen LogP contribution in [-0.2, 0) is 11.3 Å². The minimum Gasteiger partial charge on any atom is -0.379 e. The number of rotatable bonds is 3. The van der Waals surface area contributed by atoms with Gasteiger partial charge in [0, 0.05) is 31.9 Å². The molecule has 0 saturated carbocycles. The van der Waals surface area contributed by atoms with E-state index in [1.807, 2.05) is 0 Å². The summed E-state index contributed by atoms with van der Waals surface area (Å²) in [6.45, 7) is 8.83. The van der Waals surface area contributed by atoms with Crippen LogP contribution in [0.5, 0.6) is 0 Å². The lowest BCUT2D eigenvalue weighted by atomic mass is 10.1. The van der Waals surface area contributed by atoms with Gasteiger partial charge in [-0.25, -0.2) is 0 Å². The predicted octanol–water partition coefficient (Wildman–Crippen LogP) is 1.76. The zero-order valence-corrected chi connectivity index (χ0v) is 11.5. The zero-order valence-electron chi connectivity index (χ0n) is 11.5. The summed E-state index contributed by atoms with van der Waals surface area (Å²) < 4.78 is 5.39. The molecule has 19 heavy (non-hydrogen) atoms. The van der Waals surface area contributed by atoms with Crippen molar-refractivity contribution >= 4 is 11.5 Å². The number of amidine groups is 1. The Morgan fingerprint density at radius 1 is 1.16 bits per heavy atom. The Morgan fingerprint density at radius 2 is 1.95 bits per heavy atom. The largest absolute Gasteiger partial charge is 0.379 e. The third-order valence-electron chi connectivity index (χ3n) is 3.89. The van der Waals surface area contributed by atoms with Crippen LogP contribution in [0.15, 0.2) is 29.3 Å². The van der Waals surface area contributed by atoms with Crippen molar-refractivity contribution in [3.63, 3.8) is 0 Å². The maximum Gasteiger partial charge on any atom is 0.101 e. The zero-order chi connectivity index (χ0) is 13.1. The van der Waals surface area contributed by atoms with Crippen molar-refractivity contribution in [2.24, 2.45) is 4.99 Å². The topological polar surface area (TPSA) is 28.1 Å². The van der Waals surface area contributed by atoms with E-state index in [2.05, 4.69) is 46.0 Å². The number of hydrogen-bond acceptors (Lipinski definition) is 4. The van der Waals surface area contributed by atoms with Crippen molar-refractivity contribution in [2.45, 2.75) is 13.5 Å². The Labute approximate surface area is 114 Å². The Kier molecular flexibility index (Phi) is 3.80. The maximum atomic E-state index is 5.39. The molecule has 0 amide bonds. The van der Waals surface area contributed by atoms with Gasteiger partial charge in [-0.05, 0) is 18.6 Å². The van der Waals surface area contributed by atoms with E-state index in [-0.39, 0.29) is 0 Å². The van der Waals surface area contributed by atoms with Gasteiger partial charge in [0.15, 0.2) is 0 Å². The van der Waals surface area contributed by atoms with Crippen molar-refractivity contribution in [1.82, 2.24) is 4.90 Å². The molecule has 2 heterocycles. The van der Waals surface area contributed by atoms with Gasteiger partial charge in [-0.15, -0.1) is 0 Å². The molecule has 1 saturated heterocycles. The molecular weight excluding hydrogens is 238 g/mol. The second-order valence-electron chi connectivity index (χ2n) is 5.10. The van der Waals surface area contributed by atoms with E-state index >= 15 is 0 Å². The molecule has 1 fully saturated rings. The Hall–Kier alpha value is -1.39. The van der Waals surface area contributed by atoms with Crippen LogP contribution in [0.25, 0.3) is 0 Å². The number of morpholine rings is 1. The third kappa shape index (κ3) is 2.80. The Morgan fingerprint density at radius 3 is 2.79 bits per heavy atom. The first kappa shape index (κ1) is 12.6. The molecule has 0 aromatic heterocycles. The third-order valence-corrected chi connectivity index (χ3v) is 3.89. The van der Waals surface area contributed by atoms with Gasteiger partial charge in [0.2, 0.25) is 0 Å². The van der Waals surface area contributed by atoms with E-state index in [1.54, 1.807) is 0 Å². The molecule has 0 radical (unpaired) electrons. The van der Waals surface area contributed by atoms with Gasteiger partial charge >= 0.3 is 0 Å². The lowest BCUT2D eigenvalue weighted by Crippen LogP contribution is -2.43. The fraction of sp³-hybridized carbons (Fsp3) is 0.533. The molecular formula is C15H21N3O. The second-order valence-corrected chi connectivity index (χ2v) is 5.10. The molecule has 0 unspecified atom stereocenters. The molecule has 3 rings (SSSR count). The average molecular weight is 259 g/mol. The number of hydrogen-bond donors (Lipinski definition) is 0. The molecule has 1 aromatic rings. The average Bonchev–Trinajstić information content (AvgIpc) is 2.47. The van der Waals surface area contributed by atoms with Gasteiger partial charge in [-0.3, -0.25) is 9.89 Å². The molecule has 0 spiro atoms. The molecule has 2 aliphatic rings. The van der Waals surface area contributed by atoms with Crippen LogP contribution in [-0.4, -0.2) is 50.1 Å². The summed E-state index contributed by atoms with van der Waals surface area (Å²) in [6, 6.07) is 8.58. The van der Waals surface area contributed by atoms with Crippen LogP contribution in [0, 0.1) is 0 Å². The monoisotopic (exact) mass is 259 g/mol. The number of nitrogens with zero attached hydrogens (tertiary/aromatic N) is 3. The minimum absolute atomic E-state index is 0.816. The van der Waals surface area contributed by atoms with Crippen LogP contribution in [0.3, 0.4) is 0 Å². The molecule has 0 N–H and O–H groups in total. The van der Waals surface area contributed by atoms with Crippen molar-refractivity contribution in [3.8, 4) is 0 Å². The lowest BCUT2D eigenvalue weighted by molar-refractivity contribution is 0.0394. The number of para-hydroxylation sites is 1. The van der Waals surface area contributed by atoms with E-state index in [9.17, 15) is 0 Å². The molecule has 4 nitrogen and oxygen atoms in total. The molecule has 0 atom stereocenters. The Balaban J connectivity index is 1.68. The minimum atomic E-state index is 0.816. The summed E-state index contributed by atoms with van der Waals surface area (Å²) in [6.07, 6.45) is 0. The normalized spacial score (nSPS) is 20.1. The smallest absolute Gasteiger partial charge is 0.101 e. The first-order valence-electron chi connectivity index (χ1n) is 7.01. The van der Waals surface area contributed by atoms with E-state index in [1.165, 1.54) is 11.3 Å². The number of anilines is 1. The Bertz CT molecular complexity index is 466. The fourth-order valence-electron chi connectivity index (χ4n) is 2.72. The highest BCUT2D eigenvalue weighted by atomic mass is 16.5. The van der Waals surface area contributed by atoms with E-state index < -0.39 is 0 Å². The fourth-order valence-corrected chi connectivity index (χ4v) is 2.72. The van der Waals surface area contributed by atoms with Crippen LogP contribution in [0.1, 0.15) is 12.5 Å². The first-order chi connectivity index (χ1) is 9.34. The second kappa shape index (κ2) is 5.72. The number of ether oxygens (including phenoxy) is 1. The van der Waals surface area contributed by atoms with Crippen molar-refractivity contribution in [2.75, 3.05) is 44.3 Å². The van der Waals surface area contributed by atoms with E-state index in [0.29, 0.717) is 0 Å². The van der Waals surface area contributed by atoms with Crippen LogP contribution in [0.2, 0.25) is 0 Å². The number of fused-ring (bicyclic) bond motifs is 1. The summed E-state index contributed by atoms with van der Waals surface area (Å²) in [5.41, 5.74) is 2.65. The quantitative estimate of drug-likeness (QED) is 0.828. The summed E-state index contributed by atoms with van der Waals surface area (Å²) in [7, 11) is 0. The van der Waals surface area contributed by atoms with Gasteiger partial charge in [-0.1, -0.05) is 18.2 Å². The molecule has 4 heteroatoms. The molecule has 1 aromatic carbocycles. The van der Waals surface area contributed by atoms with E-state index in [0.717, 1.165) is 51.8 Å². The van der Waals surface area contributed by atoms with Gasteiger partial charge in [0.1, 0.15) is 5.84 Å². The first-order valence-corrected chi connectivity index (χ1v) is 7.01. The molecule has 102 valence electrons.